The first-order valence-corrected chi connectivity index (χ1v) is 1.71. The maximum absolute atomic E-state index is 8.17. The van der Waals surface area contributed by atoms with Gasteiger partial charge >= 0.3 is 37.7 Å². The summed E-state index contributed by atoms with van der Waals surface area (Å²) in [5.41, 5.74) is 0. The van der Waals surface area contributed by atoms with Crippen molar-refractivity contribution in [2.45, 2.75) is 6.10 Å². The summed E-state index contributed by atoms with van der Waals surface area (Å²) in [6.45, 7) is -0.729. The zero-order valence-electron chi connectivity index (χ0n) is 4.95. The van der Waals surface area contributed by atoms with Crippen LogP contribution in [0.15, 0.2) is 0 Å². The normalized spacial score (nSPS) is 6.67. The molecule has 6 heteroatoms. The molecule has 0 spiro atoms. The molecule has 0 bridgehead atoms. The van der Waals surface area contributed by atoms with Crippen molar-refractivity contribution in [3.8, 4) is 0 Å². The van der Waals surface area contributed by atoms with Gasteiger partial charge in [-0.05, 0) is 0 Å². The van der Waals surface area contributed by atoms with E-state index in [-0.39, 0.29) is 61.9 Å². The third kappa shape index (κ3) is 17.6. The van der Waals surface area contributed by atoms with E-state index in [1.165, 1.54) is 0 Å². The predicted molar refractivity (Wildman–Crippen MR) is 30.2 cm³/mol. The molecule has 0 amide bonds. The maximum Gasteiger partial charge on any atom is 2.00 e. The van der Waals surface area contributed by atoms with E-state index in [1.54, 1.807) is 0 Å². The number of aliphatic hydroxyl groups is 3. The molecule has 0 aliphatic rings. The second kappa shape index (κ2) is 16.0. The predicted octanol–water partition coefficient (Wildman–Crippen LogP) is -2.99. The molecule has 5 N–H and O–H groups in total. The van der Waals surface area contributed by atoms with Gasteiger partial charge in [0.05, 0.1) is 13.2 Å². The van der Waals surface area contributed by atoms with E-state index in [1.807, 2.05) is 0 Å². The van der Waals surface area contributed by atoms with Crippen LogP contribution < -0.4 is 0 Å². The molecule has 5 nitrogen and oxygen atoms in total. The molecule has 0 aromatic rings. The van der Waals surface area contributed by atoms with Gasteiger partial charge in [-0.1, -0.05) is 0 Å². The summed E-state index contributed by atoms with van der Waals surface area (Å²) in [6.07, 6.45) is -0.954. The van der Waals surface area contributed by atoms with Crippen molar-refractivity contribution >= 4 is 37.7 Å². The van der Waals surface area contributed by atoms with E-state index >= 15 is 0 Å². The Labute approximate surface area is 82.9 Å². The minimum Gasteiger partial charge on any atom is -2.00 e. The Balaban J connectivity index is -0.0000000417. The van der Waals surface area contributed by atoms with Gasteiger partial charge < -0.3 is 26.3 Å². The Bertz CT molecular complexity index is 31.4. The third-order valence-corrected chi connectivity index (χ3v) is 0.421. The second-order valence-corrected chi connectivity index (χ2v) is 1.02. The van der Waals surface area contributed by atoms with Crippen LogP contribution >= 0.6 is 0 Å². The van der Waals surface area contributed by atoms with Gasteiger partial charge in [0.1, 0.15) is 6.10 Å². The average Bonchev–Trinajstić information content (AvgIpc) is 1.65. The van der Waals surface area contributed by atoms with Crippen LogP contribution in [0.1, 0.15) is 0 Å². The Morgan fingerprint density at radius 3 is 1.33 bits per heavy atom. The van der Waals surface area contributed by atoms with Gasteiger partial charge in [0.2, 0.25) is 0 Å². The van der Waals surface area contributed by atoms with Crippen LogP contribution in [0.4, 0.5) is 0 Å². The molecule has 0 fully saturated rings. The average molecular weight is 166 g/mol. The van der Waals surface area contributed by atoms with Crippen LogP contribution in [0.25, 0.3) is 0 Å². The van der Waals surface area contributed by atoms with Gasteiger partial charge in [-0.3, -0.25) is 0 Å². The molecule has 0 saturated carbocycles. The maximum atomic E-state index is 8.17. The molecule has 0 aromatic carbocycles. The first kappa shape index (κ1) is 22.5. The first-order chi connectivity index (χ1) is 2.81. The summed E-state index contributed by atoms with van der Waals surface area (Å²) >= 11 is 0. The van der Waals surface area contributed by atoms with Gasteiger partial charge in [-0.25, -0.2) is 0 Å². The van der Waals surface area contributed by atoms with Crippen molar-refractivity contribution in [2.24, 2.45) is 0 Å². The Morgan fingerprint density at radius 1 is 1.11 bits per heavy atom. The van der Waals surface area contributed by atoms with Crippen LogP contribution in [-0.4, -0.2) is 77.9 Å². The molecule has 0 aliphatic heterocycles. The fourth-order valence-electron chi connectivity index (χ4n) is 0.0577. The van der Waals surface area contributed by atoms with Gasteiger partial charge in [0.15, 0.2) is 0 Å². The number of hydrogen-bond acceptors (Lipinski definition) is 3. The van der Waals surface area contributed by atoms with Crippen LogP contribution in [-0.2, 0) is 5.48 Å². The number of aliphatic hydroxyl groups excluding tert-OH is 3. The van der Waals surface area contributed by atoms with Gasteiger partial charge in [-0.2, -0.15) is 0 Å². The molecule has 0 radical (unpaired) electrons. The van der Waals surface area contributed by atoms with E-state index in [0.29, 0.717) is 0 Å². The summed E-state index contributed by atoms with van der Waals surface area (Å²) in [7, 11) is 0. The largest absolute Gasteiger partial charge is 2.00 e. The SMILES string of the molecule is O.OCC(O)CO.[Ca+2].[O-2]. The Kier molecular flexibility index (Phi) is 40.0. The Hall–Kier alpha value is 1.06. The van der Waals surface area contributed by atoms with Gasteiger partial charge in [0, 0.05) is 0 Å². The van der Waals surface area contributed by atoms with E-state index in [4.69, 9.17) is 15.3 Å². The Morgan fingerprint density at radius 2 is 1.33 bits per heavy atom. The molecule has 54 valence electrons. The molecule has 0 rings (SSSR count). The third-order valence-electron chi connectivity index (χ3n) is 0.421. The zero-order chi connectivity index (χ0) is 4.99. The van der Waals surface area contributed by atoms with Crippen LogP contribution in [0.5, 0.6) is 0 Å². The second-order valence-electron chi connectivity index (χ2n) is 1.02. The molecular formula is C3H10CaO5. The van der Waals surface area contributed by atoms with Gasteiger partial charge in [-0.15, -0.1) is 0 Å². The standard InChI is InChI=1S/C3H8O3.Ca.H2O.O/c4-1-3(6)2-5;;;/h3-6H,1-2H2;;1H2;/q;+2;;-2. The van der Waals surface area contributed by atoms with Crippen molar-refractivity contribution in [1.82, 2.24) is 0 Å². The molecule has 0 heterocycles. The molecule has 0 saturated heterocycles. The monoisotopic (exact) mass is 166 g/mol. The summed E-state index contributed by atoms with van der Waals surface area (Å²) in [5, 5.41) is 24.0. The van der Waals surface area contributed by atoms with Crippen molar-refractivity contribution in [2.75, 3.05) is 13.2 Å². The zero-order valence-corrected chi connectivity index (χ0v) is 7.16. The molecule has 0 atom stereocenters. The summed E-state index contributed by atoms with van der Waals surface area (Å²) in [4.78, 5) is 0. The van der Waals surface area contributed by atoms with E-state index in [0.717, 1.165) is 0 Å². The van der Waals surface area contributed by atoms with Crippen LogP contribution in [0.3, 0.4) is 0 Å². The minimum atomic E-state index is -0.954. The van der Waals surface area contributed by atoms with Crippen LogP contribution in [0, 0.1) is 0 Å². The summed E-state index contributed by atoms with van der Waals surface area (Å²) in [6, 6.07) is 0. The van der Waals surface area contributed by atoms with E-state index < -0.39 is 6.10 Å². The summed E-state index contributed by atoms with van der Waals surface area (Å²) < 4.78 is 0. The smallest absolute Gasteiger partial charge is 2.00 e. The number of rotatable bonds is 2. The van der Waals surface area contributed by atoms with Crippen molar-refractivity contribution in [3.05, 3.63) is 0 Å². The van der Waals surface area contributed by atoms with Gasteiger partial charge in [0.25, 0.3) is 0 Å². The molecule has 9 heavy (non-hydrogen) atoms. The fraction of sp³-hybridized carbons (Fsp3) is 1.00. The van der Waals surface area contributed by atoms with Crippen molar-refractivity contribution in [3.63, 3.8) is 0 Å². The first-order valence-electron chi connectivity index (χ1n) is 1.71. The van der Waals surface area contributed by atoms with Crippen LogP contribution in [0.2, 0.25) is 0 Å². The molecule has 0 aliphatic carbocycles. The van der Waals surface area contributed by atoms with Crippen molar-refractivity contribution in [1.29, 1.82) is 0 Å². The molecule has 0 unspecified atom stereocenters. The fourth-order valence-corrected chi connectivity index (χ4v) is 0.0577. The quantitative estimate of drug-likeness (QED) is 0.379. The minimum absolute atomic E-state index is 0. The van der Waals surface area contributed by atoms with E-state index in [9.17, 15) is 0 Å². The van der Waals surface area contributed by atoms with E-state index in [2.05, 4.69) is 0 Å². The molecule has 0 aromatic heterocycles. The molecular weight excluding hydrogens is 156 g/mol. The summed E-state index contributed by atoms with van der Waals surface area (Å²) in [5.74, 6) is 0. The topological polar surface area (TPSA) is 121 Å². The van der Waals surface area contributed by atoms with Crippen molar-refractivity contribution < 1.29 is 26.3 Å². The number of hydrogen-bond donors (Lipinski definition) is 3.